The van der Waals surface area contributed by atoms with Crippen LogP contribution in [0.25, 0.3) is 0 Å². The number of hydrogen-bond donors (Lipinski definition) is 3. The van der Waals surface area contributed by atoms with Crippen molar-refractivity contribution in [2.24, 2.45) is 5.10 Å². The van der Waals surface area contributed by atoms with Crippen molar-refractivity contribution >= 4 is 28.1 Å². The van der Waals surface area contributed by atoms with Gasteiger partial charge in [-0.25, -0.2) is 14.9 Å². The third-order valence-corrected chi connectivity index (χ3v) is 4.63. The van der Waals surface area contributed by atoms with Gasteiger partial charge in [0.05, 0.1) is 13.3 Å². The molecule has 3 rings (SSSR count). The van der Waals surface area contributed by atoms with Gasteiger partial charge in [0, 0.05) is 16.5 Å². The fourth-order valence-corrected chi connectivity index (χ4v) is 2.97. The Labute approximate surface area is 179 Å². The quantitative estimate of drug-likeness (QED) is 0.265. The SMILES string of the molecule is COc1ccc(Cc2nn(CC(=O)N/N=C/c3cc(Br)ccc3O)c(=O)n2N)cc1. The Morgan fingerprint density at radius 3 is 2.77 bits per heavy atom. The van der Waals surface area contributed by atoms with Crippen LogP contribution in [0.3, 0.4) is 0 Å². The molecule has 1 heterocycles. The number of aromatic hydroxyl groups is 1. The van der Waals surface area contributed by atoms with Gasteiger partial charge in [-0.3, -0.25) is 4.79 Å². The zero-order valence-corrected chi connectivity index (χ0v) is 17.5. The van der Waals surface area contributed by atoms with Gasteiger partial charge < -0.3 is 15.7 Å². The Balaban J connectivity index is 1.65. The minimum Gasteiger partial charge on any atom is -0.507 e. The molecule has 0 saturated carbocycles. The topological polar surface area (TPSA) is 137 Å². The van der Waals surface area contributed by atoms with Gasteiger partial charge in [0.15, 0.2) is 5.82 Å². The first-order valence-corrected chi connectivity index (χ1v) is 9.54. The van der Waals surface area contributed by atoms with Crippen molar-refractivity contribution < 1.29 is 14.6 Å². The number of nitrogen functional groups attached to an aromatic ring is 1. The van der Waals surface area contributed by atoms with Crippen molar-refractivity contribution in [1.29, 1.82) is 0 Å². The molecule has 4 N–H and O–H groups in total. The number of carbonyl (C=O) groups is 1. The van der Waals surface area contributed by atoms with Crippen molar-refractivity contribution in [3.05, 3.63) is 74.4 Å². The predicted molar refractivity (Wildman–Crippen MR) is 114 cm³/mol. The lowest BCUT2D eigenvalue weighted by molar-refractivity contribution is -0.121. The number of nitrogens with zero attached hydrogens (tertiary/aromatic N) is 4. The molecular weight excluding hydrogens is 456 g/mol. The lowest BCUT2D eigenvalue weighted by Crippen LogP contribution is -2.34. The zero-order valence-electron chi connectivity index (χ0n) is 15.9. The van der Waals surface area contributed by atoms with E-state index in [1.165, 1.54) is 12.3 Å². The normalized spacial score (nSPS) is 11.0. The molecule has 1 amide bonds. The highest BCUT2D eigenvalue weighted by Gasteiger charge is 2.14. The summed E-state index contributed by atoms with van der Waals surface area (Å²) in [6.07, 6.45) is 1.60. The molecule has 0 fully saturated rings. The molecule has 0 radical (unpaired) electrons. The molecule has 1 aromatic heterocycles. The van der Waals surface area contributed by atoms with E-state index in [2.05, 4.69) is 31.6 Å². The first-order valence-electron chi connectivity index (χ1n) is 8.74. The van der Waals surface area contributed by atoms with Crippen LogP contribution in [0.2, 0.25) is 0 Å². The number of phenols is 1. The number of nitrogens with two attached hydrogens (primary N) is 1. The summed E-state index contributed by atoms with van der Waals surface area (Å²) in [6.45, 7) is -0.361. The summed E-state index contributed by atoms with van der Waals surface area (Å²) in [5, 5.41) is 17.7. The smallest absolute Gasteiger partial charge is 0.365 e. The average Bonchev–Trinajstić information content (AvgIpc) is 2.99. The maximum atomic E-state index is 12.3. The molecule has 3 aromatic rings. The summed E-state index contributed by atoms with van der Waals surface area (Å²) in [5.74, 6) is 6.25. The van der Waals surface area contributed by atoms with Crippen molar-refractivity contribution in [2.45, 2.75) is 13.0 Å². The fourth-order valence-electron chi connectivity index (χ4n) is 2.59. The monoisotopic (exact) mass is 474 g/mol. The van der Waals surface area contributed by atoms with Gasteiger partial charge in [0.25, 0.3) is 5.91 Å². The second-order valence-corrected chi connectivity index (χ2v) is 7.16. The number of aromatic nitrogens is 3. The standard InChI is InChI=1S/C19H19BrN6O4/c1-30-15-5-2-12(3-6-15)8-17-24-25(19(29)26(17)21)11-18(28)23-22-10-13-9-14(20)4-7-16(13)27/h2-7,9-10,27H,8,11,21H2,1H3,(H,23,28)/b22-10+. The molecule has 0 unspecified atom stereocenters. The Morgan fingerprint density at radius 2 is 2.07 bits per heavy atom. The average molecular weight is 475 g/mol. The predicted octanol–water partition coefficient (Wildman–Crippen LogP) is 0.976. The molecule has 0 saturated heterocycles. The third-order valence-electron chi connectivity index (χ3n) is 4.14. The highest BCUT2D eigenvalue weighted by atomic mass is 79.9. The van der Waals surface area contributed by atoms with E-state index in [0.717, 1.165) is 19.4 Å². The van der Waals surface area contributed by atoms with Gasteiger partial charge in [-0.05, 0) is 35.9 Å². The van der Waals surface area contributed by atoms with Gasteiger partial charge in [0.1, 0.15) is 18.0 Å². The Morgan fingerprint density at radius 1 is 1.33 bits per heavy atom. The van der Waals surface area contributed by atoms with Gasteiger partial charge in [-0.2, -0.15) is 14.9 Å². The highest BCUT2D eigenvalue weighted by molar-refractivity contribution is 9.10. The van der Waals surface area contributed by atoms with E-state index in [1.54, 1.807) is 31.4 Å². The van der Waals surface area contributed by atoms with E-state index in [0.29, 0.717) is 23.6 Å². The highest BCUT2D eigenvalue weighted by Crippen LogP contribution is 2.19. The van der Waals surface area contributed by atoms with Crippen LogP contribution >= 0.6 is 15.9 Å². The molecule has 11 heteroatoms. The van der Waals surface area contributed by atoms with Crippen molar-refractivity contribution in [2.75, 3.05) is 13.0 Å². The maximum absolute atomic E-state index is 12.3. The molecule has 2 aromatic carbocycles. The Hall–Kier alpha value is -3.60. The van der Waals surface area contributed by atoms with Crippen LogP contribution in [0.5, 0.6) is 11.5 Å². The summed E-state index contributed by atoms with van der Waals surface area (Å²) >= 11 is 3.28. The van der Waals surface area contributed by atoms with Crippen LogP contribution in [-0.4, -0.2) is 38.8 Å². The van der Waals surface area contributed by atoms with E-state index in [1.807, 2.05) is 12.1 Å². The number of benzene rings is 2. The molecule has 0 atom stereocenters. The van der Waals surface area contributed by atoms with Crippen molar-refractivity contribution in [3.63, 3.8) is 0 Å². The Bertz CT molecular complexity index is 1140. The summed E-state index contributed by atoms with van der Waals surface area (Å²) in [4.78, 5) is 24.4. The number of phenolic OH excluding ortho intramolecular Hbond substituents is 1. The summed E-state index contributed by atoms with van der Waals surface area (Å²) in [7, 11) is 1.57. The second kappa shape index (κ2) is 9.27. The minimum absolute atomic E-state index is 0.0115. The number of hydrazone groups is 1. The zero-order chi connectivity index (χ0) is 21.7. The van der Waals surface area contributed by atoms with E-state index in [9.17, 15) is 14.7 Å². The first-order chi connectivity index (χ1) is 14.4. The number of amides is 1. The number of rotatable bonds is 7. The van der Waals surface area contributed by atoms with Crippen LogP contribution < -0.4 is 21.7 Å². The molecule has 30 heavy (non-hydrogen) atoms. The summed E-state index contributed by atoms with van der Waals surface area (Å²) in [6, 6.07) is 12.0. The van der Waals surface area contributed by atoms with Crippen LogP contribution in [0.4, 0.5) is 0 Å². The summed E-state index contributed by atoms with van der Waals surface area (Å²) < 4.78 is 7.72. The molecule has 0 spiro atoms. The van der Waals surface area contributed by atoms with Crippen LogP contribution in [-0.2, 0) is 17.8 Å². The number of hydrogen-bond acceptors (Lipinski definition) is 7. The number of halogens is 1. The van der Waals surface area contributed by atoms with Crippen molar-refractivity contribution in [3.8, 4) is 11.5 Å². The molecule has 0 aliphatic carbocycles. The Kier molecular flexibility index (Phi) is 6.52. The van der Waals surface area contributed by atoms with Gasteiger partial charge in [0.2, 0.25) is 0 Å². The minimum atomic E-state index is -0.623. The second-order valence-electron chi connectivity index (χ2n) is 6.25. The number of ether oxygens (including phenoxy) is 1. The van der Waals surface area contributed by atoms with Crippen LogP contribution in [0.15, 0.2) is 56.8 Å². The maximum Gasteiger partial charge on any atom is 0.365 e. The number of carbonyl (C=O) groups excluding carboxylic acids is 1. The van der Waals surface area contributed by atoms with Crippen LogP contribution in [0.1, 0.15) is 17.0 Å². The number of methoxy groups -OCH3 is 1. The van der Waals surface area contributed by atoms with E-state index in [4.69, 9.17) is 10.6 Å². The summed E-state index contributed by atoms with van der Waals surface area (Å²) in [5.41, 5.74) is 2.95. The van der Waals surface area contributed by atoms with Gasteiger partial charge in [-0.15, -0.1) is 0 Å². The van der Waals surface area contributed by atoms with E-state index in [-0.39, 0.29) is 12.3 Å². The van der Waals surface area contributed by atoms with Crippen LogP contribution in [0, 0.1) is 0 Å². The lowest BCUT2D eigenvalue weighted by atomic mass is 10.1. The first kappa shape index (κ1) is 21.1. The number of nitrogens with one attached hydrogen (secondary N) is 1. The molecule has 0 aliphatic heterocycles. The van der Waals surface area contributed by atoms with Gasteiger partial charge >= 0.3 is 5.69 Å². The molecule has 10 nitrogen and oxygen atoms in total. The van der Waals surface area contributed by atoms with E-state index < -0.39 is 11.6 Å². The van der Waals surface area contributed by atoms with Gasteiger partial charge in [-0.1, -0.05) is 28.1 Å². The molecular formula is C19H19BrN6O4. The lowest BCUT2D eigenvalue weighted by Gasteiger charge is -2.02. The van der Waals surface area contributed by atoms with Crippen molar-refractivity contribution in [1.82, 2.24) is 19.9 Å². The fraction of sp³-hybridized carbons (Fsp3) is 0.158. The molecule has 0 aliphatic rings. The molecule has 0 bridgehead atoms. The largest absolute Gasteiger partial charge is 0.507 e. The van der Waals surface area contributed by atoms with E-state index >= 15 is 0 Å². The molecule has 156 valence electrons. The third kappa shape index (κ3) is 5.06.